The summed E-state index contributed by atoms with van der Waals surface area (Å²) in [4.78, 5) is 22.9. The number of anilines is 1. The highest BCUT2D eigenvalue weighted by molar-refractivity contribution is 6.04. The van der Waals surface area contributed by atoms with Crippen LogP contribution in [0.5, 0.6) is 5.75 Å². The zero-order chi connectivity index (χ0) is 21.1. The van der Waals surface area contributed by atoms with E-state index in [4.69, 9.17) is 4.52 Å². The van der Waals surface area contributed by atoms with Gasteiger partial charge in [-0.25, -0.2) is 0 Å². The van der Waals surface area contributed by atoms with E-state index in [1.165, 1.54) is 35.0 Å². The number of amides is 1. The van der Waals surface area contributed by atoms with Crippen molar-refractivity contribution in [2.24, 2.45) is 0 Å². The van der Waals surface area contributed by atoms with Crippen LogP contribution in [0.3, 0.4) is 0 Å². The molecule has 10 nitrogen and oxygen atoms in total. The van der Waals surface area contributed by atoms with Gasteiger partial charge in [-0.2, -0.15) is 13.5 Å². The molecule has 0 radical (unpaired) electrons. The lowest BCUT2D eigenvalue weighted by atomic mass is 10.1. The normalized spacial score (nSPS) is 10.9. The number of hydrogen-bond donors (Lipinski definition) is 1. The zero-order valence-corrected chi connectivity index (χ0v) is 15.3. The van der Waals surface area contributed by atoms with Crippen LogP contribution in [0.2, 0.25) is 0 Å². The second-order valence-corrected chi connectivity index (χ2v) is 5.95. The fourth-order valence-corrected chi connectivity index (χ4v) is 2.60. The summed E-state index contributed by atoms with van der Waals surface area (Å²) in [5.74, 6) is -0.955. The number of alkyl halides is 2. The molecule has 0 fully saturated rings. The van der Waals surface area contributed by atoms with Crippen LogP contribution in [0.1, 0.15) is 27.5 Å². The maximum absolute atomic E-state index is 12.7. The Hall–Kier alpha value is -3.83. The number of para-hydroxylation sites is 2. The maximum Gasteiger partial charge on any atom is 0.390 e. The molecule has 0 spiro atoms. The van der Waals surface area contributed by atoms with E-state index in [0.29, 0.717) is 17.0 Å². The van der Waals surface area contributed by atoms with Gasteiger partial charge in [-0.05, 0) is 30.9 Å². The van der Waals surface area contributed by atoms with Crippen LogP contribution in [0.4, 0.5) is 20.3 Å². The van der Waals surface area contributed by atoms with Gasteiger partial charge in [0.15, 0.2) is 5.69 Å². The summed E-state index contributed by atoms with van der Waals surface area (Å²) in [6.45, 7) is 0.129. The first-order valence-electron chi connectivity index (χ1n) is 8.25. The van der Waals surface area contributed by atoms with Gasteiger partial charge in [0.25, 0.3) is 5.91 Å². The molecule has 12 heteroatoms. The lowest BCUT2D eigenvalue weighted by molar-refractivity contribution is -0.389. The number of aryl methyl sites for hydroxylation is 2. The van der Waals surface area contributed by atoms with Crippen molar-refractivity contribution in [1.29, 1.82) is 0 Å². The number of rotatable bonds is 7. The van der Waals surface area contributed by atoms with Crippen molar-refractivity contribution in [3.05, 3.63) is 63.2 Å². The average molecular weight is 407 g/mol. The van der Waals surface area contributed by atoms with E-state index in [-0.39, 0.29) is 29.5 Å². The molecular weight excluding hydrogens is 392 g/mol. The van der Waals surface area contributed by atoms with Crippen molar-refractivity contribution in [2.45, 2.75) is 27.0 Å². The molecule has 0 aliphatic carbocycles. The van der Waals surface area contributed by atoms with E-state index in [2.05, 4.69) is 20.3 Å². The molecule has 1 N–H and O–H groups in total. The van der Waals surface area contributed by atoms with Crippen molar-refractivity contribution < 1.29 is 27.8 Å². The lowest BCUT2D eigenvalue weighted by Gasteiger charge is -2.11. The average Bonchev–Trinajstić information content (AvgIpc) is 3.20. The van der Waals surface area contributed by atoms with Gasteiger partial charge < -0.3 is 24.7 Å². The van der Waals surface area contributed by atoms with Gasteiger partial charge in [0.2, 0.25) is 0 Å². The molecule has 0 aliphatic heterocycles. The summed E-state index contributed by atoms with van der Waals surface area (Å²) in [7, 11) is 0. The highest BCUT2D eigenvalue weighted by atomic mass is 19.3. The maximum atomic E-state index is 12.7. The number of benzene rings is 1. The SMILES string of the molecule is Cc1onc(C(=O)Nc2ccccc2OC(F)F)c1Cn1nc([N+](=O)[O-])cc1C. The van der Waals surface area contributed by atoms with Crippen molar-refractivity contribution in [3.8, 4) is 5.75 Å². The van der Waals surface area contributed by atoms with Gasteiger partial charge in [-0.1, -0.05) is 17.3 Å². The van der Waals surface area contributed by atoms with E-state index >= 15 is 0 Å². The lowest BCUT2D eigenvalue weighted by Crippen LogP contribution is -2.17. The fraction of sp³-hybridized carbons (Fsp3) is 0.235. The van der Waals surface area contributed by atoms with E-state index in [1.54, 1.807) is 13.8 Å². The van der Waals surface area contributed by atoms with Crippen LogP contribution in [-0.4, -0.2) is 32.4 Å². The molecule has 0 saturated carbocycles. The minimum absolute atomic E-state index is 0.00700. The Morgan fingerprint density at radius 1 is 1.38 bits per heavy atom. The van der Waals surface area contributed by atoms with Crippen molar-refractivity contribution in [3.63, 3.8) is 0 Å². The van der Waals surface area contributed by atoms with Gasteiger partial charge in [-0.15, -0.1) is 0 Å². The van der Waals surface area contributed by atoms with Crippen LogP contribution in [-0.2, 0) is 6.54 Å². The monoisotopic (exact) mass is 407 g/mol. The number of nitrogens with zero attached hydrogens (tertiary/aromatic N) is 4. The predicted octanol–water partition coefficient (Wildman–Crippen LogP) is 3.30. The number of ether oxygens (including phenoxy) is 1. The number of carbonyl (C=O) groups is 1. The summed E-state index contributed by atoms with van der Waals surface area (Å²) in [6.07, 6.45) is 0. The first-order chi connectivity index (χ1) is 13.8. The summed E-state index contributed by atoms with van der Waals surface area (Å²) < 4.78 is 35.9. The third-order valence-electron chi connectivity index (χ3n) is 4.01. The van der Waals surface area contributed by atoms with Gasteiger partial charge in [0.1, 0.15) is 11.5 Å². The Morgan fingerprint density at radius 2 is 2.10 bits per heavy atom. The third kappa shape index (κ3) is 4.36. The van der Waals surface area contributed by atoms with Crippen LogP contribution < -0.4 is 10.1 Å². The largest absolute Gasteiger partial charge is 0.433 e. The number of nitrogens with one attached hydrogen (secondary N) is 1. The first kappa shape index (κ1) is 19.9. The Bertz CT molecular complexity index is 1060. The smallest absolute Gasteiger partial charge is 0.390 e. The molecule has 0 atom stereocenters. The quantitative estimate of drug-likeness (QED) is 0.470. The molecule has 1 aromatic carbocycles. The van der Waals surface area contributed by atoms with Gasteiger partial charge in [-0.3, -0.25) is 4.79 Å². The minimum Gasteiger partial charge on any atom is -0.433 e. The number of aromatic nitrogens is 3. The number of nitro groups is 1. The van der Waals surface area contributed by atoms with Crippen molar-refractivity contribution >= 4 is 17.4 Å². The molecule has 0 saturated heterocycles. The Balaban J connectivity index is 1.86. The van der Waals surface area contributed by atoms with E-state index in [0.717, 1.165) is 0 Å². The highest BCUT2D eigenvalue weighted by Crippen LogP contribution is 2.27. The fourth-order valence-electron chi connectivity index (χ4n) is 2.60. The van der Waals surface area contributed by atoms with Crippen LogP contribution >= 0.6 is 0 Å². The molecule has 2 aromatic heterocycles. The molecule has 152 valence electrons. The van der Waals surface area contributed by atoms with Crippen LogP contribution in [0, 0.1) is 24.0 Å². The molecule has 3 rings (SSSR count). The molecule has 0 aliphatic rings. The number of carbonyl (C=O) groups excluding carboxylic acids is 1. The van der Waals surface area contributed by atoms with E-state index in [1.807, 2.05) is 0 Å². The zero-order valence-electron chi connectivity index (χ0n) is 15.3. The molecular formula is C17H15F2N5O5. The second-order valence-electron chi connectivity index (χ2n) is 5.95. The van der Waals surface area contributed by atoms with Gasteiger partial charge in [0.05, 0.1) is 34.7 Å². The summed E-state index contributed by atoms with van der Waals surface area (Å²) >= 11 is 0. The molecule has 0 bridgehead atoms. The van der Waals surface area contributed by atoms with E-state index in [9.17, 15) is 23.7 Å². The first-order valence-corrected chi connectivity index (χ1v) is 8.25. The van der Waals surface area contributed by atoms with E-state index < -0.39 is 17.4 Å². The molecule has 0 unspecified atom stereocenters. The topological polar surface area (TPSA) is 125 Å². The number of hydrogen-bond acceptors (Lipinski definition) is 7. The third-order valence-corrected chi connectivity index (χ3v) is 4.01. The number of halogens is 2. The van der Waals surface area contributed by atoms with Crippen LogP contribution in [0.25, 0.3) is 0 Å². The molecule has 3 aromatic rings. The molecule has 29 heavy (non-hydrogen) atoms. The Morgan fingerprint density at radius 3 is 2.76 bits per heavy atom. The van der Waals surface area contributed by atoms with Crippen molar-refractivity contribution in [1.82, 2.24) is 14.9 Å². The van der Waals surface area contributed by atoms with Gasteiger partial charge >= 0.3 is 12.4 Å². The summed E-state index contributed by atoms with van der Waals surface area (Å²) in [5.41, 5.74) is 0.761. The summed E-state index contributed by atoms with van der Waals surface area (Å²) in [6, 6.07) is 6.98. The Kier molecular flexibility index (Phi) is 5.52. The predicted molar refractivity (Wildman–Crippen MR) is 95.0 cm³/mol. The Labute approximate surface area is 162 Å². The summed E-state index contributed by atoms with van der Waals surface area (Å²) in [5, 5.41) is 20.9. The van der Waals surface area contributed by atoms with Crippen LogP contribution in [0.15, 0.2) is 34.9 Å². The minimum atomic E-state index is -3.06. The second kappa shape index (κ2) is 8.04. The van der Waals surface area contributed by atoms with Gasteiger partial charge in [0, 0.05) is 0 Å². The highest BCUT2D eigenvalue weighted by Gasteiger charge is 2.24. The molecule has 2 heterocycles. The molecule has 1 amide bonds. The van der Waals surface area contributed by atoms with Crippen molar-refractivity contribution in [2.75, 3.05) is 5.32 Å². The standard InChI is InChI=1S/C17H15F2N5O5/c1-9-7-14(24(26)27)21-23(9)8-11-10(2)29-22-15(11)16(25)20-12-5-3-4-6-13(12)28-17(18)19/h3-7,17H,8H2,1-2H3,(H,20,25).